The summed E-state index contributed by atoms with van der Waals surface area (Å²) in [7, 11) is 0. The van der Waals surface area contributed by atoms with Crippen LogP contribution in [0.5, 0.6) is 0 Å². The largest absolute Gasteiger partial charge is 0.364 e. The molecule has 0 aliphatic carbocycles. The Morgan fingerprint density at radius 2 is 1.86 bits per heavy atom. The average Bonchev–Trinajstić information content (AvgIpc) is 2.15. The number of nitro groups is 1. The van der Waals surface area contributed by atoms with Crippen LogP contribution in [0.25, 0.3) is 6.08 Å². The average molecular weight is 195 g/mol. The van der Waals surface area contributed by atoms with E-state index < -0.39 is 11.2 Å². The molecule has 14 heavy (non-hydrogen) atoms. The lowest BCUT2D eigenvalue weighted by Gasteiger charge is -2.02. The first-order valence-electron chi connectivity index (χ1n) is 3.87. The molecule has 5 nitrogen and oxygen atoms in total. The van der Waals surface area contributed by atoms with Crippen LogP contribution in [-0.4, -0.2) is 15.1 Å². The maximum atomic E-state index is 9.99. The molecule has 0 heterocycles. The van der Waals surface area contributed by atoms with E-state index in [9.17, 15) is 10.1 Å². The molecular formula is C9H9NO4. The Morgan fingerprint density at radius 3 is 2.29 bits per heavy atom. The Morgan fingerprint density at radius 1 is 1.29 bits per heavy atom. The summed E-state index contributed by atoms with van der Waals surface area (Å²) >= 11 is 0. The molecule has 1 aromatic carbocycles. The summed E-state index contributed by atoms with van der Waals surface area (Å²) < 4.78 is 0. The smallest absolute Gasteiger partial charge is 0.235 e. The minimum absolute atomic E-state index is 0.350. The summed E-state index contributed by atoms with van der Waals surface area (Å²) in [6.45, 7) is 0. The van der Waals surface area contributed by atoms with Crippen molar-refractivity contribution in [3.8, 4) is 0 Å². The van der Waals surface area contributed by atoms with Crippen molar-refractivity contribution in [1.29, 1.82) is 0 Å². The molecule has 0 fully saturated rings. The Kier molecular flexibility index (Phi) is 3.33. The quantitative estimate of drug-likeness (QED) is 0.426. The number of rotatable bonds is 3. The third-order valence-electron chi connectivity index (χ3n) is 1.62. The molecule has 0 amide bonds. The molecule has 74 valence electrons. The van der Waals surface area contributed by atoms with Crippen molar-refractivity contribution in [3.05, 3.63) is 51.7 Å². The van der Waals surface area contributed by atoms with Gasteiger partial charge >= 0.3 is 0 Å². The number of hydrogen-bond donors (Lipinski definition) is 2. The Hall–Kier alpha value is -1.72. The van der Waals surface area contributed by atoms with E-state index in [1.165, 1.54) is 18.2 Å². The second kappa shape index (κ2) is 4.50. The van der Waals surface area contributed by atoms with Gasteiger partial charge in [-0.2, -0.15) is 0 Å². The highest BCUT2D eigenvalue weighted by Gasteiger charge is 2.00. The molecule has 5 heteroatoms. The van der Waals surface area contributed by atoms with Gasteiger partial charge in [0.15, 0.2) is 6.29 Å². The predicted octanol–water partition coefficient (Wildman–Crippen LogP) is 0.917. The van der Waals surface area contributed by atoms with Gasteiger partial charge in [-0.25, -0.2) is 0 Å². The van der Waals surface area contributed by atoms with Crippen molar-refractivity contribution in [3.63, 3.8) is 0 Å². The standard InChI is InChI=1S/C9H9NO4/c11-9(12)8-3-1-7(2-4-8)5-6-10(13)14/h1-6,9,11-12H. The van der Waals surface area contributed by atoms with Crippen LogP contribution in [0.3, 0.4) is 0 Å². The normalized spacial score (nSPS) is 11.1. The van der Waals surface area contributed by atoms with Crippen molar-refractivity contribution in [2.24, 2.45) is 0 Å². The molecule has 0 aliphatic rings. The SMILES string of the molecule is O=[N+]([O-])C=Cc1ccc(C(O)O)cc1. The lowest BCUT2D eigenvalue weighted by atomic mass is 10.1. The van der Waals surface area contributed by atoms with Crippen molar-refractivity contribution >= 4 is 6.08 Å². The van der Waals surface area contributed by atoms with Crippen LogP contribution < -0.4 is 0 Å². The third kappa shape index (κ3) is 2.96. The van der Waals surface area contributed by atoms with E-state index in [-0.39, 0.29) is 0 Å². The van der Waals surface area contributed by atoms with E-state index in [0.29, 0.717) is 11.1 Å². The molecule has 0 unspecified atom stereocenters. The van der Waals surface area contributed by atoms with Gasteiger partial charge in [-0.15, -0.1) is 0 Å². The fourth-order valence-electron chi connectivity index (χ4n) is 0.926. The zero-order valence-corrected chi connectivity index (χ0v) is 7.20. The van der Waals surface area contributed by atoms with Crippen molar-refractivity contribution < 1.29 is 15.1 Å². The van der Waals surface area contributed by atoms with E-state index in [0.717, 1.165) is 6.20 Å². The lowest BCUT2D eigenvalue weighted by Crippen LogP contribution is -1.93. The van der Waals surface area contributed by atoms with Crippen molar-refractivity contribution in [1.82, 2.24) is 0 Å². The molecule has 1 rings (SSSR count). The van der Waals surface area contributed by atoms with Crippen LogP contribution >= 0.6 is 0 Å². The van der Waals surface area contributed by atoms with Crippen molar-refractivity contribution in [2.75, 3.05) is 0 Å². The fraction of sp³-hybridized carbons (Fsp3) is 0.111. The van der Waals surface area contributed by atoms with E-state index >= 15 is 0 Å². The van der Waals surface area contributed by atoms with Crippen LogP contribution in [0.15, 0.2) is 30.5 Å². The minimum atomic E-state index is -1.51. The molecule has 0 saturated carbocycles. The predicted molar refractivity (Wildman–Crippen MR) is 49.6 cm³/mol. The Balaban J connectivity index is 2.78. The first-order chi connectivity index (χ1) is 6.59. The van der Waals surface area contributed by atoms with Crippen LogP contribution in [0.1, 0.15) is 17.4 Å². The number of hydrogen-bond acceptors (Lipinski definition) is 4. The minimum Gasteiger partial charge on any atom is -0.364 e. The second-order valence-electron chi connectivity index (χ2n) is 2.64. The highest BCUT2D eigenvalue weighted by Crippen LogP contribution is 2.11. The molecule has 2 N–H and O–H groups in total. The molecule has 0 saturated heterocycles. The number of aliphatic hydroxyl groups excluding tert-OH is 1. The number of nitrogens with zero attached hydrogens (tertiary/aromatic N) is 1. The van der Waals surface area contributed by atoms with Crippen LogP contribution in [-0.2, 0) is 0 Å². The molecule has 0 bridgehead atoms. The van der Waals surface area contributed by atoms with Crippen LogP contribution in [0, 0.1) is 10.1 Å². The second-order valence-corrected chi connectivity index (χ2v) is 2.64. The first-order valence-corrected chi connectivity index (χ1v) is 3.87. The maximum absolute atomic E-state index is 9.99. The monoisotopic (exact) mass is 195 g/mol. The Bertz CT molecular complexity index is 342. The highest BCUT2D eigenvalue weighted by molar-refractivity contribution is 5.48. The number of aliphatic hydroxyl groups is 2. The van der Waals surface area contributed by atoms with E-state index in [4.69, 9.17) is 10.2 Å². The van der Waals surface area contributed by atoms with Gasteiger partial charge < -0.3 is 10.2 Å². The number of benzene rings is 1. The molecule has 0 radical (unpaired) electrons. The summed E-state index contributed by atoms with van der Waals surface area (Å²) in [5.41, 5.74) is 0.981. The molecular weight excluding hydrogens is 186 g/mol. The molecule has 0 atom stereocenters. The summed E-state index contributed by atoms with van der Waals surface area (Å²) in [5.74, 6) is 0. The highest BCUT2D eigenvalue weighted by atomic mass is 16.6. The van der Waals surface area contributed by atoms with Gasteiger partial charge in [-0.3, -0.25) is 10.1 Å². The first kappa shape index (κ1) is 10.4. The van der Waals surface area contributed by atoms with Gasteiger partial charge in [0, 0.05) is 11.6 Å². The van der Waals surface area contributed by atoms with Crippen LogP contribution in [0.4, 0.5) is 0 Å². The zero-order valence-electron chi connectivity index (χ0n) is 7.20. The maximum Gasteiger partial charge on any atom is 0.235 e. The van der Waals surface area contributed by atoms with Gasteiger partial charge in [0.05, 0.1) is 4.92 Å². The van der Waals surface area contributed by atoms with E-state index in [1.807, 2.05) is 0 Å². The van der Waals surface area contributed by atoms with Crippen molar-refractivity contribution in [2.45, 2.75) is 6.29 Å². The zero-order chi connectivity index (χ0) is 10.6. The topological polar surface area (TPSA) is 83.6 Å². The molecule has 0 spiro atoms. The third-order valence-corrected chi connectivity index (χ3v) is 1.62. The van der Waals surface area contributed by atoms with Gasteiger partial charge in [-0.05, 0) is 5.56 Å². The summed E-state index contributed by atoms with van der Waals surface area (Å²) in [5, 5.41) is 27.5. The van der Waals surface area contributed by atoms with Crippen LogP contribution in [0.2, 0.25) is 0 Å². The Labute approximate surface area is 80.1 Å². The van der Waals surface area contributed by atoms with Gasteiger partial charge in [0.2, 0.25) is 6.20 Å². The summed E-state index contributed by atoms with van der Waals surface area (Å²) in [6, 6.07) is 6.11. The van der Waals surface area contributed by atoms with E-state index in [2.05, 4.69) is 0 Å². The molecule has 0 aliphatic heterocycles. The van der Waals surface area contributed by atoms with E-state index in [1.54, 1.807) is 12.1 Å². The molecule has 0 aromatic heterocycles. The van der Waals surface area contributed by atoms with Gasteiger partial charge in [-0.1, -0.05) is 24.3 Å². The lowest BCUT2D eigenvalue weighted by molar-refractivity contribution is -0.400. The summed E-state index contributed by atoms with van der Waals surface area (Å²) in [4.78, 5) is 9.43. The van der Waals surface area contributed by atoms with Gasteiger partial charge in [0.25, 0.3) is 0 Å². The fourth-order valence-corrected chi connectivity index (χ4v) is 0.926. The van der Waals surface area contributed by atoms with Gasteiger partial charge in [0.1, 0.15) is 0 Å². The molecule has 1 aromatic rings. The summed E-state index contributed by atoms with van der Waals surface area (Å²) in [6.07, 6.45) is 0.640.